The maximum atomic E-state index is 12.0. The highest BCUT2D eigenvalue weighted by Crippen LogP contribution is 2.15. The van der Waals surface area contributed by atoms with E-state index in [9.17, 15) is 14.7 Å². The number of carbonyl (C=O) groups excluding carboxylic acids is 1. The van der Waals surface area contributed by atoms with Crippen LogP contribution in [0.25, 0.3) is 0 Å². The van der Waals surface area contributed by atoms with Crippen molar-refractivity contribution in [3.8, 4) is 0 Å². The lowest BCUT2D eigenvalue weighted by molar-refractivity contribution is -0.142. The van der Waals surface area contributed by atoms with Gasteiger partial charge in [0.1, 0.15) is 0 Å². The Kier molecular flexibility index (Phi) is 5.32. The van der Waals surface area contributed by atoms with Gasteiger partial charge in [0.05, 0.1) is 6.42 Å². The Bertz CT molecular complexity index is 405. The lowest BCUT2D eigenvalue weighted by atomic mass is 10.1. The smallest absolute Gasteiger partial charge is 0.305 e. The maximum Gasteiger partial charge on any atom is 0.305 e. The van der Waals surface area contributed by atoms with Gasteiger partial charge < -0.3 is 15.1 Å². The molecule has 0 fully saturated rings. The first-order chi connectivity index (χ1) is 8.56. The Hall–Kier alpha value is -1.88. The van der Waals surface area contributed by atoms with E-state index in [-0.39, 0.29) is 13.0 Å². The van der Waals surface area contributed by atoms with Crippen LogP contribution in [-0.2, 0) is 9.59 Å². The highest BCUT2D eigenvalue weighted by Gasteiger charge is 2.22. The van der Waals surface area contributed by atoms with Crippen molar-refractivity contribution in [1.29, 1.82) is 0 Å². The van der Waals surface area contributed by atoms with Gasteiger partial charge in [0.15, 0.2) is 6.10 Å². The van der Waals surface area contributed by atoms with E-state index in [2.05, 4.69) is 0 Å². The number of benzene rings is 1. The molecule has 0 saturated carbocycles. The van der Waals surface area contributed by atoms with E-state index in [0.29, 0.717) is 12.1 Å². The van der Waals surface area contributed by atoms with Crippen molar-refractivity contribution in [3.63, 3.8) is 0 Å². The van der Waals surface area contributed by atoms with Crippen LogP contribution in [0, 0.1) is 0 Å². The van der Waals surface area contributed by atoms with Crippen molar-refractivity contribution >= 4 is 11.9 Å². The summed E-state index contributed by atoms with van der Waals surface area (Å²) in [6.45, 7) is 2.22. The van der Waals surface area contributed by atoms with Crippen molar-refractivity contribution in [2.24, 2.45) is 0 Å². The predicted octanol–water partition coefficient (Wildman–Crippen LogP) is 1.04. The Labute approximate surface area is 106 Å². The van der Waals surface area contributed by atoms with E-state index >= 15 is 0 Å². The zero-order valence-corrected chi connectivity index (χ0v) is 10.2. The van der Waals surface area contributed by atoms with Crippen LogP contribution in [0.2, 0.25) is 0 Å². The number of carboxylic acid groups (broad SMARTS) is 1. The lowest BCUT2D eigenvalue weighted by Crippen LogP contribution is -2.36. The van der Waals surface area contributed by atoms with Crippen LogP contribution in [0.3, 0.4) is 0 Å². The molecule has 98 valence electrons. The molecule has 0 aliphatic carbocycles. The van der Waals surface area contributed by atoms with Gasteiger partial charge in [-0.25, -0.2) is 0 Å². The summed E-state index contributed by atoms with van der Waals surface area (Å²) < 4.78 is 0. The van der Waals surface area contributed by atoms with Gasteiger partial charge in [-0.1, -0.05) is 30.3 Å². The zero-order chi connectivity index (χ0) is 13.5. The van der Waals surface area contributed by atoms with Crippen LogP contribution in [0.4, 0.5) is 0 Å². The van der Waals surface area contributed by atoms with Gasteiger partial charge in [-0.2, -0.15) is 0 Å². The third kappa shape index (κ3) is 3.85. The molecule has 5 nitrogen and oxygen atoms in total. The van der Waals surface area contributed by atoms with E-state index in [4.69, 9.17) is 5.11 Å². The van der Waals surface area contributed by atoms with Crippen molar-refractivity contribution < 1.29 is 19.8 Å². The third-order valence-corrected chi connectivity index (χ3v) is 2.64. The van der Waals surface area contributed by atoms with Gasteiger partial charge >= 0.3 is 5.97 Å². The molecule has 0 radical (unpaired) electrons. The van der Waals surface area contributed by atoms with E-state index in [0.717, 1.165) is 0 Å². The largest absolute Gasteiger partial charge is 0.481 e. The number of carbonyl (C=O) groups is 2. The SMILES string of the molecule is CCN(CCC(=O)O)C(=O)C(O)c1ccccc1. The highest BCUT2D eigenvalue weighted by atomic mass is 16.4. The number of nitrogens with zero attached hydrogens (tertiary/aromatic N) is 1. The topological polar surface area (TPSA) is 77.8 Å². The molecule has 1 atom stereocenters. The summed E-state index contributed by atoms with van der Waals surface area (Å²) in [7, 11) is 0. The van der Waals surface area contributed by atoms with Crippen molar-refractivity contribution in [1.82, 2.24) is 4.90 Å². The first-order valence-corrected chi connectivity index (χ1v) is 5.79. The Morgan fingerprint density at radius 3 is 2.39 bits per heavy atom. The maximum absolute atomic E-state index is 12.0. The van der Waals surface area contributed by atoms with Crippen molar-refractivity contribution in [2.75, 3.05) is 13.1 Å². The fourth-order valence-corrected chi connectivity index (χ4v) is 1.61. The summed E-state index contributed by atoms with van der Waals surface area (Å²) in [5.74, 6) is -1.43. The van der Waals surface area contributed by atoms with E-state index < -0.39 is 18.0 Å². The van der Waals surface area contributed by atoms with Crippen LogP contribution < -0.4 is 0 Å². The van der Waals surface area contributed by atoms with Crippen LogP contribution in [0.5, 0.6) is 0 Å². The third-order valence-electron chi connectivity index (χ3n) is 2.64. The molecule has 18 heavy (non-hydrogen) atoms. The van der Waals surface area contributed by atoms with Crippen LogP contribution in [0.15, 0.2) is 30.3 Å². The highest BCUT2D eigenvalue weighted by molar-refractivity contribution is 5.82. The summed E-state index contributed by atoms with van der Waals surface area (Å²) in [6.07, 6.45) is -1.36. The second-order valence-corrected chi connectivity index (χ2v) is 3.87. The first-order valence-electron chi connectivity index (χ1n) is 5.79. The number of aliphatic hydroxyl groups excluding tert-OH is 1. The number of aliphatic hydroxyl groups is 1. The zero-order valence-electron chi connectivity index (χ0n) is 10.2. The molecule has 0 aliphatic heterocycles. The quantitative estimate of drug-likeness (QED) is 0.792. The number of carboxylic acids is 1. The Morgan fingerprint density at radius 1 is 1.28 bits per heavy atom. The van der Waals surface area contributed by atoms with Gasteiger partial charge in [0.2, 0.25) is 0 Å². The van der Waals surface area contributed by atoms with Crippen LogP contribution >= 0.6 is 0 Å². The number of likely N-dealkylation sites (N-methyl/N-ethyl adjacent to an activating group) is 1. The van der Waals surface area contributed by atoms with E-state index in [1.807, 2.05) is 0 Å². The molecule has 1 unspecified atom stereocenters. The van der Waals surface area contributed by atoms with Gasteiger partial charge in [0, 0.05) is 13.1 Å². The summed E-state index contributed by atoms with van der Waals surface area (Å²) in [4.78, 5) is 23.8. The molecule has 1 aromatic rings. The normalized spacial score (nSPS) is 11.9. The minimum atomic E-state index is -1.24. The molecule has 0 bridgehead atoms. The average Bonchev–Trinajstić information content (AvgIpc) is 2.39. The minimum Gasteiger partial charge on any atom is -0.481 e. The van der Waals surface area contributed by atoms with Crippen LogP contribution in [0.1, 0.15) is 25.0 Å². The monoisotopic (exact) mass is 251 g/mol. The molecule has 5 heteroatoms. The first kappa shape index (κ1) is 14.2. The molecule has 0 aromatic heterocycles. The van der Waals surface area contributed by atoms with E-state index in [1.165, 1.54) is 4.90 Å². The van der Waals surface area contributed by atoms with Gasteiger partial charge in [-0.15, -0.1) is 0 Å². The number of hydrogen-bond donors (Lipinski definition) is 2. The standard InChI is InChI=1S/C13H17NO4/c1-2-14(9-8-11(15)16)13(18)12(17)10-6-4-3-5-7-10/h3-7,12,17H,2,8-9H2,1H3,(H,15,16). The molecule has 1 rings (SSSR count). The molecule has 0 spiro atoms. The molecular formula is C13H17NO4. The summed E-state index contributed by atoms with van der Waals surface area (Å²) in [6, 6.07) is 8.59. The average molecular weight is 251 g/mol. The molecular weight excluding hydrogens is 234 g/mol. The number of aliphatic carboxylic acids is 1. The Morgan fingerprint density at radius 2 is 1.89 bits per heavy atom. The number of hydrogen-bond acceptors (Lipinski definition) is 3. The van der Waals surface area contributed by atoms with Crippen molar-refractivity contribution in [3.05, 3.63) is 35.9 Å². The fourth-order valence-electron chi connectivity index (χ4n) is 1.61. The lowest BCUT2D eigenvalue weighted by Gasteiger charge is -2.23. The van der Waals surface area contributed by atoms with Gasteiger partial charge in [-0.3, -0.25) is 9.59 Å². The summed E-state index contributed by atoms with van der Waals surface area (Å²) in [5.41, 5.74) is 0.510. The number of rotatable bonds is 6. The molecule has 1 amide bonds. The molecule has 0 aliphatic rings. The molecule has 0 heterocycles. The van der Waals surface area contributed by atoms with Crippen molar-refractivity contribution in [2.45, 2.75) is 19.4 Å². The van der Waals surface area contributed by atoms with Crippen LogP contribution in [-0.4, -0.2) is 40.1 Å². The van der Waals surface area contributed by atoms with E-state index in [1.54, 1.807) is 37.3 Å². The molecule has 2 N–H and O–H groups in total. The second-order valence-electron chi connectivity index (χ2n) is 3.87. The number of amides is 1. The Balaban J connectivity index is 2.69. The second kappa shape index (κ2) is 6.76. The molecule has 1 aromatic carbocycles. The fraction of sp³-hybridized carbons (Fsp3) is 0.385. The minimum absolute atomic E-state index is 0.106. The summed E-state index contributed by atoms with van der Waals surface area (Å²) >= 11 is 0. The van der Waals surface area contributed by atoms with Gasteiger partial charge in [-0.05, 0) is 12.5 Å². The summed E-state index contributed by atoms with van der Waals surface area (Å²) in [5, 5.41) is 18.5. The predicted molar refractivity (Wildman–Crippen MR) is 65.9 cm³/mol. The van der Waals surface area contributed by atoms with Gasteiger partial charge in [0.25, 0.3) is 5.91 Å². The molecule has 0 saturated heterocycles.